The van der Waals surface area contributed by atoms with E-state index < -0.39 is 5.82 Å². The molecule has 1 aromatic carbocycles. The van der Waals surface area contributed by atoms with Gasteiger partial charge in [-0.3, -0.25) is 0 Å². The Morgan fingerprint density at radius 1 is 1.57 bits per heavy atom. The molecule has 0 aromatic heterocycles. The van der Waals surface area contributed by atoms with Gasteiger partial charge in [0.2, 0.25) is 0 Å². The molecule has 1 aliphatic heterocycles. The summed E-state index contributed by atoms with van der Waals surface area (Å²) in [4.78, 5) is 0. The molecule has 0 spiro atoms. The molecule has 2 nitrogen and oxygen atoms in total. The van der Waals surface area contributed by atoms with Gasteiger partial charge in [0.25, 0.3) is 0 Å². The lowest BCUT2D eigenvalue weighted by Gasteiger charge is -2.09. The number of halogens is 1. The van der Waals surface area contributed by atoms with Gasteiger partial charge in [0.15, 0.2) is 0 Å². The molecule has 0 saturated carbocycles. The maximum atomic E-state index is 13.0. The van der Waals surface area contributed by atoms with Crippen molar-refractivity contribution in [2.45, 2.75) is 5.37 Å². The van der Waals surface area contributed by atoms with Gasteiger partial charge in [-0.1, -0.05) is 6.07 Å². The Morgan fingerprint density at radius 3 is 3.07 bits per heavy atom. The fraction of sp³-hybridized carbons (Fsp3) is 0.300. The standard InChI is InChI=1S/C10H9FN2S/c11-9-2-1-7(5-8(9)6-12)10-13-3-4-14-10/h1-2,5,10,13H,3-4H2. The van der Waals surface area contributed by atoms with Gasteiger partial charge in [0.1, 0.15) is 11.9 Å². The van der Waals surface area contributed by atoms with Crippen molar-refractivity contribution in [3.05, 3.63) is 35.1 Å². The van der Waals surface area contributed by atoms with E-state index in [4.69, 9.17) is 5.26 Å². The number of rotatable bonds is 1. The molecule has 1 heterocycles. The van der Waals surface area contributed by atoms with Gasteiger partial charge < -0.3 is 5.32 Å². The molecule has 72 valence electrons. The van der Waals surface area contributed by atoms with Crippen molar-refractivity contribution in [3.63, 3.8) is 0 Å². The first-order valence-corrected chi connectivity index (χ1v) is 5.40. The van der Waals surface area contributed by atoms with E-state index >= 15 is 0 Å². The van der Waals surface area contributed by atoms with E-state index in [0.717, 1.165) is 17.9 Å². The predicted octanol–water partition coefficient (Wildman–Crippen LogP) is 2.03. The third kappa shape index (κ3) is 1.74. The van der Waals surface area contributed by atoms with E-state index in [0.29, 0.717) is 0 Å². The van der Waals surface area contributed by atoms with Crippen LogP contribution >= 0.6 is 11.8 Å². The van der Waals surface area contributed by atoms with Crippen LogP contribution in [-0.2, 0) is 0 Å². The molecule has 0 bridgehead atoms. The van der Waals surface area contributed by atoms with Crippen LogP contribution in [0.4, 0.5) is 4.39 Å². The Bertz CT molecular complexity index is 380. The van der Waals surface area contributed by atoms with Crippen molar-refractivity contribution >= 4 is 11.8 Å². The average molecular weight is 208 g/mol. The summed E-state index contributed by atoms with van der Waals surface area (Å²) in [6.45, 7) is 0.967. The summed E-state index contributed by atoms with van der Waals surface area (Å²) in [5, 5.41) is 12.2. The highest BCUT2D eigenvalue weighted by atomic mass is 32.2. The van der Waals surface area contributed by atoms with E-state index in [-0.39, 0.29) is 10.9 Å². The summed E-state index contributed by atoms with van der Waals surface area (Å²) < 4.78 is 13.0. The highest BCUT2D eigenvalue weighted by Crippen LogP contribution is 2.30. The van der Waals surface area contributed by atoms with Crippen LogP contribution < -0.4 is 5.32 Å². The minimum atomic E-state index is -0.445. The molecule has 0 aliphatic carbocycles. The Hall–Kier alpha value is -1.05. The van der Waals surface area contributed by atoms with Crippen LogP contribution in [0.15, 0.2) is 18.2 Å². The van der Waals surface area contributed by atoms with Crippen molar-refractivity contribution in [1.29, 1.82) is 5.26 Å². The normalized spacial score (nSPS) is 20.7. The predicted molar refractivity (Wildman–Crippen MR) is 54.3 cm³/mol. The van der Waals surface area contributed by atoms with Crippen molar-refractivity contribution in [3.8, 4) is 6.07 Å². The Kier molecular flexibility index (Phi) is 2.71. The Morgan fingerprint density at radius 2 is 2.43 bits per heavy atom. The van der Waals surface area contributed by atoms with Crippen LogP contribution in [0.2, 0.25) is 0 Å². The molecule has 0 amide bonds. The minimum Gasteiger partial charge on any atom is -0.301 e. The smallest absolute Gasteiger partial charge is 0.140 e. The first-order valence-electron chi connectivity index (χ1n) is 4.36. The van der Waals surface area contributed by atoms with Gasteiger partial charge in [-0.25, -0.2) is 4.39 Å². The zero-order valence-electron chi connectivity index (χ0n) is 7.46. The summed E-state index contributed by atoms with van der Waals surface area (Å²) in [6, 6.07) is 6.55. The molecule has 4 heteroatoms. The molecule has 1 aliphatic rings. The van der Waals surface area contributed by atoms with Gasteiger partial charge >= 0.3 is 0 Å². The summed E-state index contributed by atoms with van der Waals surface area (Å²) in [7, 11) is 0. The summed E-state index contributed by atoms with van der Waals surface area (Å²) in [5.41, 5.74) is 1.10. The van der Waals surface area contributed by atoms with Gasteiger partial charge in [0, 0.05) is 12.3 Å². The number of hydrogen-bond acceptors (Lipinski definition) is 3. The third-order valence-corrected chi connectivity index (χ3v) is 3.34. The highest BCUT2D eigenvalue weighted by molar-refractivity contribution is 7.99. The molecule has 1 N–H and O–H groups in total. The topological polar surface area (TPSA) is 35.8 Å². The Labute approximate surface area is 86.1 Å². The first-order chi connectivity index (χ1) is 6.81. The monoisotopic (exact) mass is 208 g/mol. The second-order valence-corrected chi connectivity index (χ2v) is 4.27. The minimum absolute atomic E-state index is 0.122. The maximum absolute atomic E-state index is 13.0. The van der Waals surface area contributed by atoms with E-state index in [9.17, 15) is 4.39 Å². The molecule has 2 rings (SSSR count). The fourth-order valence-corrected chi connectivity index (χ4v) is 2.48. The van der Waals surface area contributed by atoms with Crippen LogP contribution in [0.25, 0.3) is 0 Å². The number of nitriles is 1. The van der Waals surface area contributed by atoms with E-state index in [2.05, 4.69) is 5.32 Å². The summed E-state index contributed by atoms with van der Waals surface area (Å²) in [6.07, 6.45) is 0. The summed E-state index contributed by atoms with van der Waals surface area (Å²) in [5.74, 6) is 0.614. The SMILES string of the molecule is N#Cc1cc(C2NCCS2)ccc1F. The molecule has 1 unspecified atom stereocenters. The second-order valence-electron chi connectivity index (χ2n) is 3.06. The van der Waals surface area contributed by atoms with Crippen LogP contribution in [-0.4, -0.2) is 12.3 Å². The van der Waals surface area contributed by atoms with E-state index in [1.54, 1.807) is 23.9 Å². The molecule has 0 radical (unpaired) electrons. The molecule has 14 heavy (non-hydrogen) atoms. The average Bonchev–Trinajstić information content (AvgIpc) is 2.71. The van der Waals surface area contributed by atoms with Crippen molar-refractivity contribution in [2.24, 2.45) is 0 Å². The number of hydrogen-bond donors (Lipinski definition) is 1. The molecule has 1 saturated heterocycles. The number of nitrogens with one attached hydrogen (secondary N) is 1. The van der Waals surface area contributed by atoms with Crippen molar-refractivity contribution in [1.82, 2.24) is 5.32 Å². The van der Waals surface area contributed by atoms with Gasteiger partial charge in [-0.05, 0) is 17.7 Å². The van der Waals surface area contributed by atoms with Crippen LogP contribution in [0.1, 0.15) is 16.5 Å². The lowest BCUT2D eigenvalue weighted by molar-refractivity contribution is 0.622. The lowest BCUT2D eigenvalue weighted by atomic mass is 10.1. The lowest BCUT2D eigenvalue weighted by Crippen LogP contribution is -2.12. The third-order valence-electron chi connectivity index (χ3n) is 2.13. The van der Waals surface area contributed by atoms with E-state index in [1.807, 2.05) is 6.07 Å². The molecule has 1 aromatic rings. The molecule has 1 fully saturated rings. The zero-order valence-corrected chi connectivity index (χ0v) is 8.27. The van der Waals surface area contributed by atoms with Gasteiger partial charge in [-0.2, -0.15) is 5.26 Å². The quantitative estimate of drug-likeness (QED) is 0.767. The van der Waals surface area contributed by atoms with Crippen molar-refractivity contribution in [2.75, 3.05) is 12.3 Å². The van der Waals surface area contributed by atoms with Crippen LogP contribution in [0, 0.1) is 17.1 Å². The van der Waals surface area contributed by atoms with Gasteiger partial charge in [-0.15, -0.1) is 11.8 Å². The fourth-order valence-electron chi connectivity index (χ4n) is 1.43. The maximum Gasteiger partial charge on any atom is 0.140 e. The largest absolute Gasteiger partial charge is 0.301 e. The number of benzene rings is 1. The van der Waals surface area contributed by atoms with Crippen LogP contribution in [0.5, 0.6) is 0 Å². The first kappa shape index (κ1) is 9.50. The van der Waals surface area contributed by atoms with Crippen LogP contribution in [0.3, 0.4) is 0 Å². The number of nitrogens with zero attached hydrogens (tertiary/aromatic N) is 1. The zero-order chi connectivity index (χ0) is 9.97. The van der Waals surface area contributed by atoms with Crippen molar-refractivity contribution < 1.29 is 4.39 Å². The molecular formula is C10H9FN2S. The molecular weight excluding hydrogens is 199 g/mol. The second kappa shape index (κ2) is 3.99. The summed E-state index contributed by atoms with van der Waals surface area (Å²) >= 11 is 1.78. The molecule has 1 atom stereocenters. The highest BCUT2D eigenvalue weighted by Gasteiger charge is 2.17. The Balaban J connectivity index is 2.31. The number of thioether (sulfide) groups is 1. The van der Waals surface area contributed by atoms with Gasteiger partial charge in [0.05, 0.1) is 10.9 Å². The van der Waals surface area contributed by atoms with E-state index in [1.165, 1.54) is 6.07 Å².